The van der Waals surface area contributed by atoms with Gasteiger partial charge in [0, 0.05) is 23.9 Å². The number of carbonyl (C=O) groups is 1. The topological polar surface area (TPSA) is 42.0 Å². The van der Waals surface area contributed by atoms with Gasteiger partial charge in [0.25, 0.3) is 0 Å². The lowest BCUT2D eigenvalue weighted by molar-refractivity contribution is -0.114. The van der Waals surface area contributed by atoms with Crippen LogP contribution in [0, 0.1) is 0 Å². The number of Topliss-reactive ketones (excluding diaryl/α,β-unsaturated/α-hetero) is 1. The molecule has 1 N–H and O–H groups in total. The van der Waals surface area contributed by atoms with Crippen LogP contribution in [-0.2, 0) is 4.79 Å². The molecule has 0 amide bonds. The van der Waals surface area contributed by atoms with Gasteiger partial charge in [-0.25, -0.2) is 0 Å². The minimum Gasteiger partial charge on any atom is -0.358 e. The highest BCUT2D eigenvalue weighted by Crippen LogP contribution is 2.12. The summed E-state index contributed by atoms with van der Waals surface area (Å²) in [5.41, 5.74) is 2.45. The van der Waals surface area contributed by atoms with Crippen LogP contribution >= 0.6 is 0 Å². The zero-order valence-electron chi connectivity index (χ0n) is 9.66. The molecule has 1 heterocycles. The molecule has 16 heavy (non-hydrogen) atoms. The first kappa shape index (κ1) is 12.2. The molecule has 0 atom stereocenters. The molecule has 0 radical (unpaired) electrons. The molecule has 0 aromatic carbocycles. The van der Waals surface area contributed by atoms with Crippen LogP contribution in [0.5, 0.6) is 0 Å². The smallest absolute Gasteiger partial charge is 0.164 e. The fourth-order valence-corrected chi connectivity index (χ4v) is 1.24. The number of pyridine rings is 1. The van der Waals surface area contributed by atoms with Gasteiger partial charge in [-0.2, -0.15) is 0 Å². The van der Waals surface area contributed by atoms with Crippen LogP contribution in [0.25, 0.3) is 0 Å². The minimum atomic E-state index is 0.0869. The van der Waals surface area contributed by atoms with Gasteiger partial charge < -0.3 is 5.32 Å². The Morgan fingerprint density at radius 3 is 2.88 bits per heavy atom. The highest BCUT2D eigenvalue weighted by atomic mass is 16.1. The van der Waals surface area contributed by atoms with Gasteiger partial charge in [-0.3, -0.25) is 9.78 Å². The van der Waals surface area contributed by atoms with Crippen molar-refractivity contribution in [1.29, 1.82) is 0 Å². The monoisotopic (exact) mass is 216 g/mol. The fraction of sp³-hybridized carbons (Fsp3) is 0.231. The summed E-state index contributed by atoms with van der Waals surface area (Å²) in [6.07, 6.45) is 5.41. The van der Waals surface area contributed by atoms with Crippen LogP contribution in [0.4, 0.5) is 5.69 Å². The average molecular weight is 216 g/mol. The van der Waals surface area contributed by atoms with Crippen molar-refractivity contribution in [2.24, 2.45) is 0 Å². The van der Waals surface area contributed by atoms with Crippen molar-refractivity contribution < 1.29 is 4.79 Å². The Morgan fingerprint density at radius 2 is 2.31 bits per heavy atom. The highest BCUT2D eigenvalue weighted by molar-refractivity contribution is 5.96. The summed E-state index contributed by atoms with van der Waals surface area (Å²) < 4.78 is 0. The number of hydrogen-bond acceptors (Lipinski definition) is 3. The van der Waals surface area contributed by atoms with E-state index in [0.717, 1.165) is 17.0 Å². The summed E-state index contributed by atoms with van der Waals surface area (Å²) in [6, 6.07) is 3.75. The fourth-order valence-electron chi connectivity index (χ4n) is 1.24. The van der Waals surface area contributed by atoms with Crippen molar-refractivity contribution in [3.05, 3.63) is 48.5 Å². The largest absolute Gasteiger partial charge is 0.358 e. The quantitative estimate of drug-likeness (QED) is 0.607. The van der Waals surface area contributed by atoms with Gasteiger partial charge in [0.2, 0.25) is 0 Å². The molecule has 1 aromatic heterocycles. The molecule has 0 fully saturated rings. The summed E-state index contributed by atoms with van der Waals surface area (Å²) in [5, 5.41) is 3.14. The number of nitrogens with one attached hydrogen (secondary N) is 1. The Kier molecular flexibility index (Phi) is 4.45. The Hall–Kier alpha value is -1.90. The molecule has 0 saturated heterocycles. The van der Waals surface area contributed by atoms with Gasteiger partial charge in [-0.15, -0.1) is 6.58 Å². The van der Waals surface area contributed by atoms with E-state index in [1.165, 1.54) is 0 Å². The Bertz CT molecular complexity index is 407. The van der Waals surface area contributed by atoms with Crippen LogP contribution in [0.1, 0.15) is 20.3 Å². The summed E-state index contributed by atoms with van der Waals surface area (Å²) in [6.45, 7) is 7.24. The zero-order valence-corrected chi connectivity index (χ0v) is 9.66. The average Bonchev–Trinajstić information content (AvgIpc) is 2.29. The number of carbonyl (C=O) groups excluding carboxylic acids is 1. The number of allylic oxidation sites excluding steroid dienone is 3. The van der Waals surface area contributed by atoms with E-state index in [0.29, 0.717) is 6.42 Å². The first-order valence-electron chi connectivity index (χ1n) is 5.13. The SMILES string of the molecule is C=CCC(=O)/C(C)=C(/C)Nc1cccnc1. The predicted molar refractivity (Wildman–Crippen MR) is 66.1 cm³/mol. The molecule has 0 aliphatic carbocycles. The second kappa shape index (κ2) is 5.85. The van der Waals surface area contributed by atoms with Gasteiger partial charge in [0.05, 0.1) is 11.9 Å². The van der Waals surface area contributed by atoms with Gasteiger partial charge in [0.15, 0.2) is 5.78 Å². The van der Waals surface area contributed by atoms with Crippen molar-refractivity contribution in [2.45, 2.75) is 20.3 Å². The van der Waals surface area contributed by atoms with Crippen LogP contribution in [0.2, 0.25) is 0 Å². The molecule has 3 nitrogen and oxygen atoms in total. The number of anilines is 1. The van der Waals surface area contributed by atoms with E-state index in [9.17, 15) is 4.79 Å². The van der Waals surface area contributed by atoms with Gasteiger partial charge in [0.1, 0.15) is 0 Å². The zero-order chi connectivity index (χ0) is 12.0. The Balaban J connectivity index is 2.77. The van der Waals surface area contributed by atoms with Crippen molar-refractivity contribution in [3.63, 3.8) is 0 Å². The van der Waals surface area contributed by atoms with Gasteiger partial charge >= 0.3 is 0 Å². The van der Waals surface area contributed by atoms with Gasteiger partial charge in [-0.1, -0.05) is 6.08 Å². The molecule has 0 spiro atoms. The van der Waals surface area contributed by atoms with E-state index in [1.54, 1.807) is 18.5 Å². The van der Waals surface area contributed by atoms with E-state index < -0.39 is 0 Å². The molecular weight excluding hydrogens is 200 g/mol. The molecule has 84 valence electrons. The number of hydrogen-bond donors (Lipinski definition) is 1. The molecular formula is C13H16N2O. The van der Waals surface area contributed by atoms with E-state index in [-0.39, 0.29) is 5.78 Å². The third kappa shape index (κ3) is 3.35. The summed E-state index contributed by atoms with van der Waals surface area (Å²) in [5.74, 6) is 0.0869. The molecule has 0 unspecified atom stereocenters. The summed E-state index contributed by atoms with van der Waals surface area (Å²) >= 11 is 0. The van der Waals surface area contributed by atoms with Crippen LogP contribution < -0.4 is 5.32 Å². The normalized spacial score (nSPS) is 11.6. The van der Waals surface area contributed by atoms with E-state index in [2.05, 4.69) is 16.9 Å². The molecule has 0 aliphatic rings. The number of rotatable bonds is 5. The number of nitrogens with zero attached hydrogens (tertiary/aromatic N) is 1. The molecule has 3 heteroatoms. The molecule has 1 rings (SSSR count). The number of aromatic nitrogens is 1. The lowest BCUT2D eigenvalue weighted by Crippen LogP contribution is -2.06. The maximum atomic E-state index is 11.6. The van der Waals surface area contributed by atoms with Crippen molar-refractivity contribution in [1.82, 2.24) is 4.98 Å². The lowest BCUT2D eigenvalue weighted by Gasteiger charge is -2.09. The minimum absolute atomic E-state index is 0.0869. The maximum Gasteiger partial charge on any atom is 0.164 e. The van der Waals surface area contributed by atoms with E-state index >= 15 is 0 Å². The maximum absolute atomic E-state index is 11.6. The Morgan fingerprint density at radius 1 is 1.56 bits per heavy atom. The predicted octanol–water partition coefficient (Wildman–Crippen LogP) is 2.93. The van der Waals surface area contributed by atoms with Crippen molar-refractivity contribution in [2.75, 3.05) is 5.32 Å². The van der Waals surface area contributed by atoms with Crippen molar-refractivity contribution in [3.8, 4) is 0 Å². The highest BCUT2D eigenvalue weighted by Gasteiger charge is 2.06. The third-order valence-corrected chi connectivity index (χ3v) is 2.30. The standard InChI is InChI=1S/C13H16N2O/c1-4-6-13(16)10(2)11(3)15-12-7-5-8-14-9-12/h4-5,7-9,15H,1,6H2,2-3H3/b11-10-. The number of ketones is 1. The first-order chi connectivity index (χ1) is 7.65. The first-order valence-corrected chi connectivity index (χ1v) is 5.13. The molecule has 0 aliphatic heterocycles. The third-order valence-electron chi connectivity index (χ3n) is 2.30. The molecule has 0 saturated carbocycles. The van der Waals surface area contributed by atoms with Gasteiger partial charge in [-0.05, 0) is 26.0 Å². The van der Waals surface area contributed by atoms with Crippen LogP contribution in [0.15, 0.2) is 48.5 Å². The second-order valence-electron chi connectivity index (χ2n) is 3.53. The summed E-state index contributed by atoms with van der Waals surface area (Å²) in [4.78, 5) is 15.6. The molecule has 1 aromatic rings. The van der Waals surface area contributed by atoms with Crippen LogP contribution in [0.3, 0.4) is 0 Å². The summed E-state index contributed by atoms with van der Waals surface area (Å²) in [7, 11) is 0. The van der Waals surface area contributed by atoms with E-state index in [1.807, 2.05) is 26.0 Å². The van der Waals surface area contributed by atoms with E-state index in [4.69, 9.17) is 0 Å². The molecule has 0 bridgehead atoms. The van der Waals surface area contributed by atoms with Crippen molar-refractivity contribution >= 4 is 11.5 Å². The Labute approximate surface area is 95.9 Å². The lowest BCUT2D eigenvalue weighted by atomic mass is 10.1. The van der Waals surface area contributed by atoms with Crippen LogP contribution in [-0.4, -0.2) is 10.8 Å². The second-order valence-corrected chi connectivity index (χ2v) is 3.53.